The third kappa shape index (κ3) is 3.98. The van der Waals surface area contributed by atoms with Gasteiger partial charge in [-0.25, -0.2) is 4.79 Å². The molecule has 0 radical (unpaired) electrons. The molecular weight excluding hydrogens is 336 g/mol. The molecule has 0 saturated heterocycles. The largest absolute Gasteiger partial charge is 0.493 e. The molecule has 0 aromatic heterocycles. The predicted molar refractivity (Wildman–Crippen MR) is 82.8 cm³/mol. The van der Waals surface area contributed by atoms with Crippen molar-refractivity contribution in [3.8, 4) is 11.5 Å². The number of esters is 1. The van der Waals surface area contributed by atoms with Crippen molar-refractivity contribution >= 4 is 21.9 Å². The van der Waals surface area contributed by atoms with Gasteiger partial charge in [0.25, 0.3) is 0 Å². The van der Waals surface area contributed by atoms with E-state index < -0.39 is 0 Å². The number of hydrogen-bond acceptors (Lipinski definition) is 4. The van der Waals surface area contributed by atoms with Crippen LogP contribution in [-0.4, -0.2) is 20.2 Å². The van der Waals surface area contributed by atoms with E-state index in [0.29, 0.717) is 17.1 Å². The lowest BCUT2D eigenvalue weighted by Gasteiger charge is -2.10. The summed E-state index contributed by atoms with van der Waals surface area (Å²) in [5, 5.41) is 0. The Morgan fingerprint density at radius 3 is 2.48 bits per heavy atom. The molecule has 0 aliphatic rings. The van der Waals surface area contributed by atoms with Crippen LogP contribution in [0.25, 0.3) is 0 Å². The second kappa shape index (κ2) is 7.13. The molecule has 21 heavy (non-hydrogen) atoms. The van der Waals surface area contributed by atoms with Gasteiger partial charge in [-0.05, 0) is 35.9 Å². The Morgan fingerprint density at radius 1 is 1.05 bits per heavy atom. The Labute approximate surface area is 131 Å². The molecule has 0 aliphatic heterocycles. The van der Waals surface area contributed by atoms with Crippen molar-refractivity contribution in [2.24, 2.45) is 0 Å². The Balaban J connectivity index is 2.04. The maximum Gasteiger partial charge on any atom is 0.338 e. The van der Waals surface area contributed by atoms with Crippen LogP contribution in [0, 0.1) is 0 Å². The normalized spacial score (nSPS) is 10.0. The van der Waals surface area contributed by atoms with Crippen LogP contribution in [0.2, 0.25) is 0 Å². The van der Waals surface area contributed by atoms with Gasteiger partial charge >= 0.3 is 5.97 Å². The van der Waals surface area contributed by atoms with Crippen LogP contribution in [0.3, 0.4) is 0 Å². The van der Waals surface area contributed by atoms with Gasteiger partial charge in [0.15, 0.2) is 11.5 Å². The number of carbonyl (C=O) groups excluding carboxylic acids is 1. The fourth-order valence-electron chi connectivity index (χ4n) is 1.82. The highest BCUT2D eigenvalue weighted by molar-refractivity contribution is 9.10. The molecule has 5 heteroatoms. The summed E-state index contributed by atoms with van der Waals surface area (Å²) >= 11 is 3.32. The van der Waals surface area contributed by atoms with E-state index in [1.807, 2.05) is 12.1 Å². The van der Waals surface area contributed by atoms with Gasteiger partial charge in [0, 0.05) is 4.47 Å². The predicted octanol–water partition coefficient (Wildman–Crippen LogP) is 3.82. The monoisotopic (exact) mass is 350 g/mol. The summed E-state index contributed by atoms with van der Waals surface area (Å²) in [6.45, 7) is 0.172. The maximum absolute atomic E-state index is 11.9. The fraction of sp³-hybridized carbons (Fsp3) is 0.188. The van der Waals surface area contributed by atoms with Crippen molar-refractivity contribution in [1.82, 2.24) is 0 Å². The number of methoxy groups -OCH3 is 2. The first-order valence-electron chi connectivity index (χ1n) is 6.27. The van der Waals surface area contributed by atoms with E-state index in [0.717, 1.165) is 10.0 Å². The van der Waals surface area contributed by atoms with Crippen LogP contribution >= 0.6 is 15.9 Å². The van der Waals surface area contributed by atoms with Crippen molar-refractivity contribution in [2.45, 2.75) is 6.61 Å². The molecule has 110 valence electrons. The number of hydrogen-bond donors (Lipinski definition) is 0. The van der Waals surface area contributed by atoms with Gasteiger partial charge in [-0.2, -0.15) is 0 Å². The van der Waals surface area contributed by atoms with Crippen molar-refractivity contribution in [1.29, 1.82) is 0 Å². The average molecular weight is 351 g/mol. The molecule has 0 fully saturated rings. The lowest BCUT2D eigenvalue weighted by atomic mass is 10.2. The van der Waals surface area contributed by atoms with E-state index in [1.165, 1.54) is 0 Å². The number of benzene rings is 2. The minimum absolute atomic E-state index is 0.172. The van der Waals surface area contributed by atoms with E-state index >= 15 is 0 Å². The summed E-state index contributed by atoms with van der Waals surface area (Å²) < 4.78 is 16.5. The van der Waals surface area contributed by atoms with Gasteiger partial charge < -0.3 is 14.2 Å². The van der Waals surface area contributed by atoms with E-state index in [9.17, 15) is 4.79 Å². The lowest BCUT2D eigenvalue weighted by Crippen LogP contribution is -2.05. The fourth-order valence-corrected chi connectivity index (χ4v) is 2.22. The molecule has 0 atom stereocenters. The van der Waals surface area contributed by atoms with Gasteiger partial charge in [-0.15, -0.1) is 0 Å². The SMILES string of the molecule is COc1ccc(COC(=O)c2cccc(Br)c2)cc1OC. The molecule has 0 saturated carbocycles. The molecule has 0 amide bonds. The molecule has 0 bridgehead atoms. The number of carbonyl (C=O) groups is 1. The first-order chi connectivity index (χ1) is 10.1. The van der Waals surface area contributed by atoms with Crippen molar-refractivity contribution in [3.05, 3.63) is 58.1 Å². The molecule has 2 rings (SSSR count). The van der Waals surface area contributed by atoms with E-state index in [2.05, 4.69) is 15.9 Å². The van der Waals surface area contributed by atoms with Crippen LogP contribution in [0.1, 0.15) is 15.9 Å². The quantitative estimate of drug-likeness (QED) is 0.769. The van der Waals surface area contributed by atoms with E-state index in [-0.39, 0.29) is 12.6 Å². The van der Waals surface area contributed by atoms with E-state index in [1.54, 1.807) is 44.6 Å². The van der Waals surface area contributed by atoms with Gasteiger partial charge in [-0.1, -0.05) is 28.1 Å². The number of ether oxygens (including phenoxy) is 3. The summed E-state index contributed by atoms with van der Waals surface area (Å²) in [5.74, 6) is 0.874. The van der Waals surface area contributed by atoms with Gasteiger partial charge in [0.1, 0.15) is 6.61 Å². The highest BCUT2D eigenvalue weighted by Crippen LogP contribution is 2.27. The summed E-state index contributed by atoms with van der Waals surface area (Å²) in [4.78, 5) is 11.9. The summed E-state index contributed by atoms with van der Waals surface area (Å²) in [5.41, 5.74) is 1.33. The summed E-state index contributed by atoms with van der Waals surface area (Å²) in [6, 6.07) is 12.5. The standard InChI is InChI=1S/C16H15BrO4/c1-19-14-7-6-11(8-15(14)20-2)10-21-16(18)12-4-3-5-13(17)9-12/h3-9H,10H2,1-2H3. The Bertz CT molecular complexity index is 640. The maximum atomic E-state index is 11.9. The zero-order valence-electron chi connectivity index (χ0n) is 11.8. The molecule has 0 aliphatic carbocycles. The third-order valence-corrected chi connectivity index (χ3v) is 3.37. The van der Waals surface area contributed by atoms with Crippen LogP contribution in [0.5, 0.6) is 11.5 Å². The second-order valence-corrected chi connectivity index (χ2v) is 5.19. The van der Waals surface area contributed by atoms with Gasteiger partial charge in [0.2, 0.25) is 0 Å². The van der Waals surface area contributed by atoms with Crippen molar-refractivity contribution < 1.29 is 19.0 Å². The third-order valence-electron chi connectivity index (χ3n) is 2.88. The molecule has 0 N–H and O–H groups in total. The minimum atomic E-state index is -0.369. The Kier molecular flexibility index (Phi) is 5.22. The summed E-state index contributed by atoms with van der Waals surface area (Å²) in [7, 11) is 3.14. The van der Waals surface area contributed by atoms with Crippen LogP contribution in [-0.2, 0) is 11.3 Å². The van der Waals surface area contributed by atoms with Crippen LogP contribution < -0.4 is 9.47 Å². The van der Waals surface area contributed by atoms with Gasteiger partial charge in [-0.3, -0.25) is 0 Å². The summed E-state index contributed by atoms with van der Waals surface area (Å²) in [6.07, 6.45) is 0. The zero-order chi connectivity index (χ0) is 15.2. The first-order valence-corrected chi connectivity index (χ1v) is 7.07. The first kappa shape index (κ1) is 15.4. The highest BCUT2D eigenvalue weighted by atomic mass is 79.9. The van der Waals surface area contributed by atoms with Crippen molar-refractivity contribution in [3.63, 3.8) is 0 Å². The van der Waals surface area contributed by atoms with Gasteiger partial charge in [0.05, 0.1) is 19.8 Å². The molecule has 0 spiro atoms. The Morgan fingerprint density at radius 2 is 1.81 bits per heavy atom. The number of halogens is 1. The molecular formula is C16H15BrO4. The Hall–Kier alpha value is -2.01. The molecule has 2 aromatic carbocycles. The molecule has 0 heterocycles. The van der Waals surface area contributed by atoms with E-state index in [4.69, 9.17) is 14.2 Å². The second-order valence-electron chi connectivity index (χ2n) is 4.28. The topological polar surface area (TPSA) is 44.8 Å². The highest BCUT2D eigenvalue weighted by Gasteiger charge is 2.09. The smallest absolute Gasteiger partial charge is 0.338 e. The van der Waals surface area contributed by atoms with Crippen LogP contribution in [0.4, 0.5) is 0 Å². The molecule has 2 aromatic rings. The molecule has 4 nitrogen and oxygen atoms in total. The minimum Gasteiger partial charge on any atom is -0.493 e. The molecule has 0 unspecified atom stereocenters. The zero-order valence-corrected chi connectivity index (χ0v) is 13.3. The van der Waals surface area contributed by atoms with Crippen molar-refractivity contribution in [2.75, 3.05) is 14.2 Å². The van der Waals surface area contributed by atoms with Crippen LogP contribution in [0.15, 0.2) is 46.9 Å². The number of rotatable bonds is 5. The average Bonchev–Trinajstić information content (AvgIpc) is 2.52. The lowest BCUT2D eigenvalue weighted by molar-refractivity contribution is 0.0472.